The Kier molecular flexibility index (Phi) is 9.47. The molecule has 154 valence electrons. The molecule has 0 fully saturated rings. The molecule has 0 aliphatic heterocycles. The first-order valence-electron chi connectivity index (χ1n) is 8.80. The summed E-state index contributed by atoms with van der Waals surface area (Å²) in [6, 6.07) is 11.0. The van der Waals surface area contributed by atoms with E-state index in [1.807, 2.05) is 19.9 Å². The molecule has 0 bridgehead atoms. The number of guanidine groups is 1. The Hall–Kier alpha value is -2.07. The van der Waals surface area contributed by atoms with Crippen LogP contribution in [0.1, 0.15) is 26.3 Å². The van der Waals surface area contributed by atoms with Gasteiger partial charge in [0.1, 0.15) is 22.9 Å². The first kappa shape index (κ1) is 24.0. The fourth-order valence-electron chi connectivity index (χ4n) is 2.46. The number of aliphatic hydroxyl groups is 1. The van der Waals surface area contributed by atoms with Crippen molar-refractivity contribution < 1.29 is 19.0 Å². The molecule has 0 aliphatic carbocycles. The largest absolute Gasteiger partial charge is 0.494 e. The number of nitrogens with zero attached hydrogens (tertiary/aromatic N) is 1. The van der Waals surface area contributed by atoms with Gasteiger partial charge in [-0.3, -0.25) is 0 Å². The molecule has 0 heterocycles. The highest BCUT2D eigenvalue weighted by molar-refractivity contribution is 14.0. The van der Waals surface area contributed by atoms with E-state index in [1.54, 1.807) is 19.1 Å². The average Bonchev–Trinajstić information content (AvgIpc) is 2.63. The van der Waals surface area contributed by atoms with Crippen LogP contribution < -0.4 is 20.5 Å². The number of hydrogen-bond donors (Lipinski definition) is 3. The minimum Gasteiger partial charge on any atom is -0.494 e. The molecule has 4 N–H and O–H groups in total. The van der Waals surface area contributed by atoms with Gasteiger partial charge in [-0.2, -0.15) is 0 Å². The lowest BCUT2D eigenvalue weighted by Gasteiger charge is -2.22. The standard InChI is InChI=1S/C20H26FN3O3.HI/c1-4-26-16-10-11-18(27-5-2)17(12-16)24-19(22)23-13-20(3,25)14-6-8-15(21)9-7-14;/h6-12,25H,4-5,13H2,1-3H3,(H3,22,23,24);1H. The van der Waals surface area contributed by atoms with E-state index in [1.165, 1.54) is 24.3 Å². The Morgan fingerprint density at radius 1 is 1.14 bits per heavy atom. The smallest absolute Gasteiger partial charge is 0.193 e. The number of ether oxygens (including phenoxy) is 2. The maximum Gasteiger partial charge on any atom is 0.193 e. The summed E-state index contributed by atoms with van der Waals surface area (Å²) >= 11 is 0. The van der Waals surface area contributed by atoms with E-state index in [2.05, 4.69) is 10.3 Å². The first-order valence-corrected chi connectivity index (χ1v) is 8.80. The number of aliphatic imine (C=N–C) groups is 1. The van der Waals surface area contributed by atoms with E-state index >= 15 is 0 Å². The van der Waals surface area contributed by atoms with Crippen molar-refractivity contribution in [1.29, 1.82) is 0 Å². The molecule has 0 aromatic heterocycles. The van der Waals surface area contributed by atoms with Gasteiger partial charge in [0.05, 0.1) is 25.4 Å². The second kappa shape index (κ2) is 11.1. The second-order valence-corrected chi connectivity index (χ2v) is 6.13. The second-order valence-electron chi connectivity index (χ2n) is 6.13. The zero-order valence-corrected chi connectivity index (χ0v) is 18.6. The van der Waals surface area contributed by atoms with Gasteiger partial charge in [-0.15, -0.1) is 24.0 Å². The Morgan fingerprint density at radius 3 is 2.39 bits per heavy atom. The van der Waals surface area contributed by atoms with Crippen LogP contribution in [0.25, 0.3) is 0 Å². The summed E-state index contributed by atoms with van der Waals surface area (Å²) in [6.07, 6.45) is 0. The third-order valence-corrected chi connectivity index (χ3v) is 3.85. The maximum atomic E-state index is 13.1. The SMILES string of the molecule is CCOc1ccc(OCC)c(NC(N)=NCC(C)(O)c2ccc(F)cc2)c1.I. The molecular weight excluding hydrogens is 476 g/mol. The minimum atomic E-state index is -1.28. The Bertz CT molecular complexity index is 783. The number of benzene rings is 2. The van der Waals surface area contributed by atoms with Crippen molar-refractivity contribution in [3.05, 3.63) is 53.8 Å². The van der Waals surface area contributed by atoms with Gasteiger partial charge in [0, 0.05) is 6.07 Å². The number of rotatable bonds is 8. The van der Waals surface area contributed by atoms with Gasteiger partial charge in [-0.05, 0) is 50.6 Å². The summed E-state index contributed by atoms with van der Waals surface area (Å²) in [4.78, 5) is 4.21. The highest BCUT2D eigenvalue weighted by atomic mass is 127. The highest BCUT2D eigenvalue weighted by Crippen LogP contribution is 2.29. The molecule has 2 rings (SSSR count). The lowest BCUT2D eigenvalue weighted by atomic mass is 9.96. The Balaban J connectivity index is 0.00000392. The summed E-state index contributed by atoms with van der Waals surface area (Å²) in [5.41, 5.74) is 5.86. The van der Waals surface area contributed by atoms with Crippen LogP contribution >= 0.6 is 24.0 Å². The number of halogens is 2. The molecule has 0 aliphatic rings. The summed E-state index contributed by atoms with van der Waals surface area (Å²) in [7, 11) is 0. The van der Waals surface area contributed by atoms with Crippen molar-refractivity contribution in [3.8, 4) is 11.5 Å². The molecule has 0 saturated heterocycles. The van der Waals surface area contributed by atoms with Gasteiger partial charge in [-0.25, -0.2) is 9.38 Å². The first-order chi connectivity index (χ1) is 12.9. The third kappa shape index (κ3) is 6.83. The van der Waals surface area contributed by atoms with E-state index in [0.717, 1.165) is 0 Å². The van der Waals surface area contributed by atoms with Crippen LogP contribution in [0.5, 0.6) is 11.5 Å². The molecule has 28 heavy (non-hydrogen) atoms. The van der Waals surface area contributed by atoms with Crippen molar-refractivity contribution >= 4 is 35.6 Å². The van der Waals surface area contributed by atoms with Crippen LogP contribution in [-0.2, 0) is 5.60 Å². The molecule has 0 spiro atoms. The monoisotopic (exact) mass is 503 g/mol. The Labute approximate surface area is 182 Å². The summed E-state index contributed by atoms with van der Waals surface area (Å²) < 4.78 is 24.1. The van der Waals surface area contributed by atoms with Crippen molar-refractivity contribution in [2.75, 3.05) is 25.1 Å². The normalized spacial score (nSPS) is 13.2. The van der Waals surface area contributed by atoms with Gasteiger partial charge >= 0.3 is 0 Å². The van der Waals surface area contributed by atoms with Crippen molar-refractivity contribution in [2.45, 2.75) is 26.4 Å². The van der Waals surface area contributed by atoms with E-state index in [-0.39, 0.29) is 42.3 Å². The van der Waals surface area contributed by atoms with E-state index in [0.29, 0.717) is 36.0 Å². The number of anilines is 1. The molecule has 0 saturated carbocycles. The lowest BCUT2D eigenvalue weighted by Crippen LogP contribution is -2.29. The molecule has 8 heteroatoms. The van der Waals surface area contributed by atoms with Crippen LogP contribution in [0.15, 0.2) is 47.5 Å². The van der Waals surface area contributed by atoms with Crippen LogP contribution in [0.4, 0.5) is 10.1 Å². The molecule has 1 unspecified atom stereocenters. The zero-order chi connectivity index (χ0) is 19.9. The molecule has 0 amide bonds. The van der Waals surface area contributed by atoms with Crippen LogP contribution in [-0.4, -0.2) is 30.8 Å². The molecule has 2 aromatic carbocycles. The molecule has 1 atom stereocenters. The van der Waals surface area contributed by atoms with Gasteiger partial charge in [0.2, 0.25) is 0 Å². The number of hydrogen-bond acceptors (Lipinski definition) is 4. The van der Waals surface area contributed by atoms with E-state index in [9.17, 15) is 9.50 Å². The van der Waals surface area contributed by atoms with Crippen LogP contribution in [0.3, 0.4) is 0 Å². The van der Waals surface area contributed by atoms with Gasteiger partial charge in [0.25, 0.3) is 0 Å². The topological polar surface area (TPSA) is 89.1 Å². The van der Waals surface area contributed by atoms with E-state index < -0.39 is 5.60 Å². The van der Waals surface area contributed by atoms with Crippen molar-refractivity contribution in [1.82, 2.24) is 0 Å². The zero-order valence-electron chi connectivity index (χ0n) is 16.2. The molecule has 2 aromatic rings. The molecule has 6 nitrogen and oxygen atoms in total. The summed E-state index contributed by atoms with van der Waals surface area (Å²) in [5.74, 6) is 1.04. The molecule has 0 radical (unpaired) electrons. The predicted molar refractivity (Wildman–Crippen MR) is 120 cm³/mol. The number of nitrogens with one attached hydrogen (secondary N) is 1. The average molecular weight is 503 g/mol. The van der Waals surface area contributed by atoms with Gasteiger partial charge in [-0.1, -0.05) is 12.1 Å². The van der Waals surface area contributed by atoms with Gasteiger partial charge < -0.3 is 25.6 Å². The predicted octanol–water partition coefficient (Wildman–Crippen LogP) is 3.88. The minimum absolute atomic E-state index is 0. The van der Waals surface area contributed by atoms with Crippen molar-refractivity contribution in [2.24, 2.45) is 10.7 Å². The fraction of sp³-hybridized carbons (Fsp3) is 0.350. The van der Waals surface area contributed by atoms with Crippen LogP contribution in [0, 0.1) is 5.82 Å². The van der Waals surface area contributed by atoms with E-state index in [4.69, 9.17) is 15.2 Å². The summed E-state index contributed by atoms with van der Waals surface area (Å²) in [6.45, 7) is 6.43. The fourth-order valence-corrected chi connectivity index (χ4v) is 2.46. The van der Waals surface area contributed by atoms with Crippen LogP contribution in [0.2, 0.25) is 0 Å². The van der Waals surface area contributed by atoms with Gasteiger partial charge in [0.15, 0.2) is 5.96 Å². The summed E-state index contributed by atoms with van der Waals surface area (Å²) in [5, 5.41) is 13.6. The van der Waals surface area contributed by atoms with Crippen molar-refractivity contribution in [3.63, 3.8) is 0 Å². The quantitative estimate of drug-likeness (QED) is 0.289. The Morgan fingerprint density at radius 2 is 1.79 bits per heavy atom. The molecular formula is C20H27FIN3O3. The lowest BCUT2D eigenvalue weighted by molar-refractivity contribution is 0.0673. The third-order valence-electron chi connectivity index (χ3n) is 3.85. The maximum absolute atomic E-state index is 13.1. The highest BCUT2D eigenvalue weighted by Gasteiger charge is 2.23. The number of nitrogens with two attached hydrogens (primary N) is 1.